The minimum Gasteiger partial charge on any atom is -0.462 e. The highest BCUT2D eigenvalue weighted by atomic mass is 16.6. The summed E-state index contributed by atoms with van der Waals surface area (Å²) < 4.78 is 16.7. The number of carbonyl (C=O) groups is 3. The Morgan fingerprint density at radius 3 is 1.12 bits per heavy atom. The normalized spacial score (nSPS) is 12.7. The Morgan fingerprint density at radius 2 is 0.667 bits per heavy atom. The standard InChI is InChI=1S/C54H92O6/c1-4-7-10-13-16-19-22-25-26-27-28-30-33-35-38-41-44-47-53(56)59-50-51(60-54(57)48-45-42-39-36-31-24-21-18-15-12-9-6-3)49-58-52(55)46-43-40-37-34-32-29-23-20-17-14-11-8-5-2/h7,10,16,19-20,23,25-26,28,30,35,38,51H,4-6,8-9,11-15,17-18,21-22,24,27,29,31-34,36-37,39-50H2,1-3H3/b10-7-,19-16-,23-20-,26-25-,30-28-,38-35-/t51-/m0/s1. The van der Waals surface area contributed by atoms with Crippen molar-refractivity contribution in [3.05, 3.63) is 72.9 Å². The molecule has 0 saturated carbocycles. The summed E-state index contributed by atoms with van der Waals surface area (Å²) in [7, 11) is 0. The lowest BCUT2D eigenvalue weighted by atomic mass is 10.0. The molecular weight excluding hydrogens is 745 g/mol. The lowest BCUT2D eigenvalue weighted by molar-refractivity contribution is -0.167. The van der Waals surface area contributed by atoms with Crippen LogP contribution in [0.25, 0.3) is 0 Å². The predicted octanol–water partition coefficient (Wildman–Crippen LogP) is 16.3. The van der Waals surface area contributed by atoms with E-state index < -0.39 is 6.10 Å². The van der Waals surface area contributed by atoms with Crippen LogP contribution in [0, 0.1) is 0 Å². The largest absolute Gasteiger partial charge is 0.462 e. The van der Waals surface area contributed by atoms with Crippen LogP contribution in [0.15, 0.2) is 72.9 Å². The van der Waals surface area contributed by atoms with E-state index >= 15 is 0 Å². The summed E-state index contributed by atoms with van der Waals surface area (Å²) in [6.07, 6.45) is 60.3. The van der Waals surface area contributed by atoms with Gasteiger partial charge in [-0.1, -0.05) is 203 Å². The second kappa shape index (κ2) is 48.5. The molecule has 0 heterocycles. The summed E-state index contributed by atoms with van der Waals surface area (Å²) in [5, 5.41) is 0. The molecule has 0 N–H and O–H groups in total. The van der Waals surface area contributed by atoms with Gasteiger partial charge in [0.25, 0.3) is 0 Å². The fourth-order valence-corrected chi connectivity index (χ4v) is 6.71. The highest BCUT2D eigenvalue weighted by Gasteiger charge is 2.19. The van der Waals surface area contributed by atoms with Crippen molar-refractivity contribution in [2.24, 2.45) is 0 Å². The number of unbranched alkanes of at least 4 members (excludes halogenated alkanes) is 21. The molecule has 0 spiro atoms. The minimum atomic E-state index is -0.798. The van der Waals surface area contributed by atoms with Crippen LogP contribution in [0.5, 0.6) is 0 Å². The maximum Gasteiger partial charge on any atom is 0.306 e. The second-order valence-electron chi connectivity index (χ2n) is 16.3. The first-order valence-corrected chi connectivity index (χ1v) is 24.9. The zero-order valence-electron chi connectivity index (χ0n) is 39.2. The van der Waals surface area contributed by atoms with Crippen LogP contribution >= 0.6 is 0 Å². The van der Waals surface area contributed by atoms with Gasteiger partial charge in [-0.05, 0) is 83.5 Å². The summed E-state index contributed by atoms with van der Waals surface area (Å²) in [5.41, 5.74) is 0. The van der Waals surface area contributed by atoms with Crippen molar-refractivity contribution in [2.45, 2.75) is 239 Å². The number of ether oxygens (including phenoxy) is 3. The van der Waals surface area contributed by atoms with Gasteiger partial charge in [-0.15, -0.1) is 0 Å². The Labute approximate surface area is 370 Å². The Bertz CT molecular complexity index is 1140. The minimum absolute atomic E-state index is 0.0961. The van der Waals surface area contributed by atoms with Crippen molar-refractivity contribution in [2.75, 3.05) is 13.2 Å². The summed E-state index contributed by atoms with van der Waals surface area (Å²) in [6.45, 7) is 6.44. The molecule has 6 heteroatoms. The fourth-order valence-electron chi connectivity index (χ4n) is 6.71. The van der Waals surface area contributed by atoms with Crippen molar-refractivity contribution in [3.63, 3.8) is 0 Å². The first-order valence-electron chi connectivity index (χ1n) is 24.9. The molecule has 0 fully saturated rings. The molecule has 0 amide bonds. The van der Waals surface area contributed by atoms with Crippen LogP contribution in [-0.4, -0.2) is 37.2 Å². The number of carbonyl (C=O) groups excluding carboxylic acids is 3. The fraction of sp³-hybridized carbons (Fsp3) is 0.722. The molecule has 0 bridgehead atoms. The maximum atomic E-state index is 12.8. The van der Waals surface area contributed by atoms with Crippen LogP contribution in [0.4, 0.5) is 0 Å². The summed E-state index contributed by atoms with van der Waals surface area (Å²) in [5.74, 6) is -0.964. The first-order chi connectivity index (χ1) is 29.5. The molecule has 0 aromatic heterocycles. The quantitative estimate of drug-likeness (QED) is 0.0263. The third-order valence-corrected chi connectivity index (χ3v) is 10.4. The Hall–Kier alpha value is -3.15. The van der Waals surface area contributed by atoms with Crippen molar-refractivity contribution >= 4 is 17.9 Å². The summed E-state index contributed by atoms with van der Waals surface area (Å²) in [6, 6.07) is 0. The highest BCUT2D eigenvalue weighted by Crippen LogP contribution is 2.14. The highest BCUT2D eigenvalue weighted by molar-refractivity contribution is 5.71. The van der Waals surface area contributed by atoms with Crippen molar-refractivity contribution in [1.29, 1.82) is 0 Å². The lowest BCUT2D eigenvalue weighted by Crippen LogP contribution is -2.30. The molecule has 344 valence electrons. The number of allylic oxidation sites excluding steroid dienone is 12. The van der Waals surface area contributed by atoms with Gasteiger partial charge in [-0.3, -0.25) is 14.4 Å². The first kappa shape index (κ1) is 56.9. The molecule has 0 aromatic carbocycles. The molecule has 0 aromatic rings. The van der Waals surface area contributed by atoms with Gasteiger partial charge in [0.05, 0.1) is 0 Å². The van der Waals surface area contributed by atoms with Crippen LogP contribution in [0.1, 0.15) is 233 Å². The molecule has 6 nitrogen and oxygen atoms in total. The monoisotopic (exact) mass is 837 g/mol. The van der Waals surface area contributed by atoms with Crippen LogP contribution in [0.3, 0.4) is 0 Å². The lowest BCUT2D eigenvalue weighted by Gasteiger charge is -2.18. The van der Waals surface area contributed by atoms with Gasteiger partial charge in [-0.25, -0.2) is 0 Å². The second-order valence-corrected chi connectivity index (χ2v) is 16.3. The van der Waals surface area contributed by atoms with Crippen LogP contribution in [0.2, 0.25) is 0 Å². The van der Waals surface area contributed by atoms with E-state index in [2.05, 4.69) is 93.7 Å². The molecule has 60 heavy (non-hydrogen) atoms. The van der Waals surface area contributed by atoms with E-state index in [0.29, 0.717) is 19.3 Å². The van der Waals surface area contributed by atoms with Gasteiger partial charge in [0.15, 0.2) is 6.10 Å². The van der Waals surface area contributed by atoms with Crippen molar-refractivity contribution in [1.82, 2.24) is 0 Å². The molecule has 0 aliphatic heterocycles. The van der Waals surface area contributed by atoms with Gasteiger partial charge in [0.1, 0.15) is 13.2 Å². The Morgan fingerprint density at radius 1 is 0.350 bits per heavy atom. The van der Waals surface area contributed by atoms with E-state index in [-0.39, 0.29) is 37.5 Å². The molecule has 1 atom stereocenters. The summed E-state index contributed by atoms with van der Waals surface area (Å²) >= 11 is 0. The average Bonchev–Trinajstić information content (AvgIpc) is 3.24. The van der Waals surface area contributed by atoms with Gasteiger partial charge in [0, 0.05) is 19.3 Å². The average molecular weight is 837 g/mol. The smallest absolute Gasteiger partial charge is 0.306 e. The SMILES string of the molecule is CC/C=C\C/C=C\C/C=C\C/C=C\C/C=C\CCCC(=O)OC[C@H](COC(=O)CCCCCCC/C=C\CCCCCC)OC(=O)CCCCCCCCCCCCCC. The van der Waals surface area contributed by atoms with Gasteiger partial charge in [0.2, 0.25) is 0 Å². The third kappa shape index (κ3) is 45.9. The van der Waals surface area contributed by atoms with E-state index in [1.54, 1.807) is 0 Å². The zero-order chi connectivity index (χ0) is 43.7. The van der Waals surface area contributed by atoms with Gasteiger partial charge >= 0.3 is 17.9 Å². The number of rotatable bonds is 44. The van der Waals surface area contributed by atoms with E-state index in [4.69, 9.17) is 14.2 Å². The topological polar surface area (TPSA) is 78.9 Å². The zero-order valence-corrected chi connectivity index (χ0v) is 39.2. The van der Waals surface area contributed by atoms with Gasteiger partial charge in [-0.2, -0.15) is 0 Å². The molecule has 0 rings (SSSR count). The van der Waals surface area contributed by atoms with Crippen LogP contribution in [-0.2, 0) is 28.6 Å². The Kier molecular flexibility index (Phi) is 46.0. The van der Waals surface area contributed by atoms with E-state index in [1.165, 1.54) is 103 Å². The molecule has 0 unspecified atom stereocenters. The van der Waals surface area contributed by atoms with E-state index in [0.717, 1.165) is 83.5 Å². The van der Waals surface area contributed by atoms with Crippen LogP contribution < -0.4 is 0 Å². The number of esters is 3. The Balaban J connectivity index is 4.47. The molecular formula is C54H92O6. The molecule has 0 saturated heterocycles. The summed E-state index contributed by atoms with van der Waals surface area (Å²) in [4.78, 5) is 37.9. The van der Waals surface area contributed by atoms with Crippen molar-refractivity contribution in [3.8, 4) is 0 Å². The van der Waals surface area contributed by atoms with E-state index in [1.807, 2.05) is 0 Å². The molecule has 0 aliphatic carbocycles. The van der Waals surface area contributed by atoms with Gasteiger partial charge < -0.3 is 14.2 Å². The third-order valence-electron chi connectivity index (χ3n) is 10.4. The molecule has 0 aliphatic rings. The number of hydrogen-bond donors (Lipinski definition) is 0. The maximum absolute atomic E-state index is 12.8. The predicted molar refractivity (Wildman–Crippen MR) is 256 cm³/mol. The van der Waals surface area contributed by atoms with E-state index in [9.17, 15) is 14.4 Å². The molecule has 0 radical (unpaired) electrons. The number of hydrogen-bond acceptors (Lipinski definition) is 6. The van der Waals surface area contributed by atoms with Crippen molar-refractivity contribution < 1.29 is 28.6 Å².